The van der Waals surface area contributed by atoms with E-state index in [1.807, 2.05) is 0 Å². The zero-order valence-electron chi connectivity index (χ0n) is 16.1. The Hall–Kier alpha value is -3.69. The summed E-state index contributed by atoms with van der Waals surface area (Å²) in [5, 5.41) is 6.24. The molecule has 2 aromatic heterocycles. The van der Waals surface area contributed by atoms with Gasteiger partial charge >= 0.3 is 6.18 Å². The van der Waals surface area contributed by atoms with E-state index in [9.17, 15) is 22.8 Å². The van der Waals surface area contributed by atoms with E-state index in [1.54, 1.807) is 30.3 Å². The normalized spacial score (nSPS) is 16.6. The number of benzene rings is 1. The predicted molar refractivity (Wildman–Crippen MR) is 105 cm³/mol. The number of amides is 2. The van der Waals surface area contributed by atoms with Gasteiger partial charge < -0.3 is 15.4 Å². The van der Waals surface area contributed by atoms with Crippen molar-refractivity contribution < 1.29 is 27.5 Å². The van der Waals surface area contributed by atoms with Crippen LogP contribution in [0.3, 0.4) is 0 Å². The number of pyridine rings is 2. The topological polar surface area (TPSA) is 93.2 Å². The maximum Gasteiger partial charge on any atom is 0.417 e. The summed E-state index contributed by atoms with van der Waals surface area (Å²) >= 11 is 0. The largest absolute Gasteiger partial charge is 0.439 e. The van der Waals surface area contributed by atoms with Crippen LogP contribution in [0.15, 0.2) is 48.7 Å². The molecule has 160 valence electrons. The van der Waals surface area contributed by atoms with Gasteiger partial charge in [0.25, 0.3) is 5.91 Å². The van der Waals surface area contributed by atoms with Gasteiger partial charge in [-0.25, -0.2) is 9.97 Å². The molecule has 0 spiro atoms. The number of ether oxygens (including phenoxy) is 1. The molecule has 4 rings (SSSR count). The number of hydrogen-bond donors (Lipinski definition) is 2. The Bertz CT molecular complexity index is 1120. The minimum Gasteiger partial charge on any atom is -0.439 e. The molecule has 3 aromatic rings. The van der Waals surface area contributed by atoms with Gasteiger partial charge in [-0.15, -0.1) is 0 Å². The highest BCUT2D eigenvalue weighted by atomic mass is 19.4. The summed E-state index contributed by atoms with van der Waals surface area (Å²) < 4.78 is 43.4. The van der Waals surface area contributed by atoms with Crippen LogP contribution in [0, 0.1) is 0 Å². The van der Waals surface area contributed by atoms with E-state index in [1.165, 1.54) is 0 Å². The molecular formula is C21H17F3N4O3. The molecule has 1 atom stereocenters. The van der Waals surface area contributed by atoms with Crippen molar-refractivity contribution in [3.63, 3.8) is 0 Å². The molecule has 1 saturated heterocycles. The lowest BCUT2D eigenvalue weighted by Crippen LogP contribution is -2.47. The summed E-state index contributed by atoms with van der Waals surface area (Å²) in [7, 11) is 0. The molecular weight excluding hydrogens is 413 g/mol. The van der Waals surface area contributed by atoms with Crippen LogP contribution < -0.4 is 15.4 Å². The number of piperidine rings is 1. The summed E-state index contributed by atoms with van der Waals surface area (Å²) in [6, 6.07) is 10.1. The van der Waals surface area contributed by atoms with E-state index in [0.29, 0.717) is 42.2 Å². The van der Waals surface area contributed by atoms with Gasteiger partial charge in [-0.3, -0.25) is 9.59 Å². The lowest BCUT2D eigenvalue weighted by Gasteiger charge is -2.23. The standard InChI is InChI=1S/C21H17F3N4O3/c22-21(23,24)13-2-8-19(26-10-13)31-15-4-6-16-12(9-15)1-5-17(28-16)20(30)27-14-3-7-18(29)25-11-14/h1-2,4-6,8-10,14H,3,7,11H2,(H,25,29)(H,27,30). The van der Waals surface area contributed by atoms with E-state index >= 15 is 0 Å². The van der Waals surface area contributed by atoms with Crippen LogP contribution in [-0.2, 0) is 11.0 Å². The monoisotopic (exact) mass is 430 g/mol. The molecule has 2 amide bonds. The fourth-order valence-corrected chi connectivity index (χ4v) is 3.14. The molecule has 1 aliphatic rings. The number of carbonyl (C=O) groups is 2. The maximum absolute atomic E-state index is 12.6. The third kappa shape index (κ3) is 4.90. The van der Waals surface area contributed by atoms with Crippen LogP contribution in [0.5, 0.6) is 11.6 Å². The number of hydrogen-bond acceptors (Lipinski definition) is 5. The minimum absolute atomic E-state index is 0.0240. The molecule has 0 radical (unpaired) electrons. The Morgan fingerprint density at radius 3 is 2.68 bits per heavy atom. The number of fused-ring (bicyclic) bond motifs is 1. The summed E-state index contributed by atoms with van der Waals surface area (Å²) in [6.45, 7) is 0.386. The number of carbonyl (C=O) groups excluding carboxylic acids is 2. The second-order valence-corrected chi connectivity index (χ2v) is 7.05. The van der Waals surface area contributed by atoms with E-state index in [4.69, 9.17) is 4.74 Å². The smallest absolute Gasteiger partial charge is 0.417 e. The first kappa shape index (κ1) is 20.6. The highest BCUT2D eigenvalue weighted by molar-refractivity contribution is 5.95. The first-order chi connectivity index (χ1) is 14.8. The van der Waals surface area contributed by atoms with Crippen LogP contribution in [-0.4, -0.2) is 34.4 Å². The van der Waals surface area contributed by atoms with Crippen molar-refractivity contribution in [3.8, 4) is 11.6 Å². The average molecular weight is 430 g/mol. The van der Waals surface area contributed by atoms with Gasteiger partial charge in [-0.05, 0) is 36.8 Å². The maximum atomic E-state index is 12.6. The fraction of sp³-hybridized carbons (Fsp3) is 0.238. The van der Waals surface area contributed by atoms with Gasteiger partial charge in [0.2, 0.25) is 11.8 Å². The number of aromatic nitrogens is 2. The highest BCUT2D eigenvalue weighted by Crippen LogP contribution is 2.30. The summed E-state index contributed by atoms with van der Waals surface area (Å²) in [6.07, 6.45) is -2.81. The second kappa shape index (κ2) is 8.21. The Morgan fingerprint density at radius 2 is 2.00 bits per heavy atom. The van der Waals surface area contributed by atoms with Crippen molar-refractivity contribution in [1.29, 1.82) is 0 Å². The zero-order valence-corrected chi connectivity index (χ0v) is 16.1. The Balaban J connectivity index is 1.45. The number of alkyl halides is 3. The lowest BCUT2D eigenvalue weighted by atomic mass is 10.1. The molecule has 7 nitrogen and oxygen atoms in total. The molecule has 0 aliphatic carbocycles. The minimum atomic E-state index is -4.46. The van der Waals surface area contributed by atoms with Gasteiger partial charge in [-0.1, -0.05) is 6.07 Å². The van der Waals surface area contributed by atoms with E-state index in [2.05, 4.69) is 20.6 Å². The number of halogens is 3. The molecule has 1 aliphatic heterocycles. The number of nitrogens with zero attached hydrogens (tertiary/aromatic N) is 2. The van der Waals surface area contributed by atoms with E-state index in [0.717, 1.165) is 12.1 Å². The van der Waals surface area contributed by atoms with Gasteiger partial charge in [0, 0.05) is 36.7 Å². The number of nitrogens with one attached hydrogen (secondary N) is 2. The molecule has 0 saturated carbocycles. The predicted octanol–water partition coefficient (Wildman–Crippen LogP) is 3.45. The van der Waals surface area contributed by atoms with Crippen molar-refractivity contribution in [1.82, 2.24) is 20.6 Å². The first-order valence-corrected chi connectivity index (χ1v) is 9.47. The molecule has 2 N–H and O–H groups in total. The van der Waals surface area contributed by atoms with Crippen molar-refractivity contribution >= 4 is 22.7 Å². The molecule has 3 heterocycles. The van der Waals surface area contributed by atoms with Crippen LogP contribution >= 0.6 is 0 Å². The molecule has 31 heavy (non-hydrogen) atoms. The Labute approximate surface area is 174 Å². The van der Waals surface area contributed by atoms with E-state index < -0.39 is 11.7 Å². The van der Waals surface area contributed by atoms with Crippen LogP contribution in [0.4, 0.5) is 13.2 Å². The average Bonchev–Trinajstić information content (AvgIpc) is 2.74. The molecule has 0 bridgehead atoms. The van der Waals surface area contributed by atoms with Gasteiger partial charge in [0.05, 0.1) is 11.1 Å². The Kier molecular flexibility index (Phi) is 5.45. The Morgan fingerprint density at radius 1 is 1.16 bits per heavy atom. The van der Waals surface area contributed by atoms with Crippen molar-refractivity contribution in [3.05, 3.63) is 59.9 Å². The van der Waals surface area contributed by atoms with Crippen molar-refractivity contribution in [2.45, 2.75) is 25.1 Å². The fourth-order valence-electron chi connectivity index (χ4n) is 3.14. The summed E-state index contributed by atoms with van der Waals surface area (Å²) in [4.78, 5) is 31.7. The summed E-state index contributed by atoms with van der Waals surface area (Å²) in [5.41, 5.74) is -0.0659. The molecule has 1 unspecified atom stereocenters. The number of rotatable bonds is 4. The molecule has 1 aromatic carbocycles. The van der Waals surface area contributed by atoms with Gasteiger partial charge in [0.1, 0.15) is 11.4 Å². The third-order valence-electron chi connectivity index (χ3n) is 4.78. The van der Waals surface area contributed by atoms with Crippen molar-refractivity contribution in [2.75, 3.05) is 6.54 Å². The molecule has 10 heteroatoms. The van der Waals surface area contributed by atoms with Crippen LogP contribution in [0.1, 0.15) is 28.9 Å². The van der Waals surface area contributed by atoms with Crippen LogP contribution in [0.2, 0.25) is 0 Å². The second-order valence-electron chi connectivity index (χ2n) is 7.05. The summed E-state index contributed by atoms with van der Waals surface area (Å²) in [5.74, 6) is 0.0313. The SMILES string of the molecule is O=C1CCC(NC(=O)c2ccc3cc(Oc4ccc(C(F)(F)F)cn4)ccc3n2)CN1. The lowest BCUT2D eigenvalue weighted by molar-refractivity contribution is -0.137. The van der Waals surface area contributed by atoms with Gasteiger partial charge in [0.15, 0.2) is 0 Å². The first-order valence-electron chi connectivity index (χ1n) is 9.47. The highest BCUT2D eigenvalue weighted by Gasteiger charge is 2.30. The quantitative estimate of drug-likeness (QED) is 0.662. The van der Waals surface area contributed by atoms with Gasteiger partial charge in [-0.2, -0.15) is 13.2 Å². The zero-order chi connectivity index (χ0) is 22.0. The third-order valence-corrected chi connectivity index (χ3v) is 4.78. The van der Waals surface area contributed by atoms with E-state index in [-0.39, 0.29) is 29.4 Å². The molecule has 1 fully saturated rings. The van der Waals surface area contributed by atoms with Crippen molar-refractivity contribution in [2.24, 2.45) is 0 Å². The van der Waals surface area contributed by atoms with Crippen LogP contribution in [0.25, 0.3) is 10.9 Å².